The molecule has 4 N–H and O–H groups in total. The van der Waals surface area contributed by atoms with Gasteiger partial charge in [0, 0.05) is 3.57 Å². The Kier molecular flexibility index (Phi) is 6.74. The largest absolute Gasteiger partial charge is 0.508 e. The molecule has 2 aromatic rings. The van der Waals surface area contributed by atoms with Crippen LogP contribution in [0.3, 0.4) is 0 Å². The Morgan fingerprint density at radius 2 is 1.74 bits per heavy atom. The van der Waals surface area contributed by atoms with E-state index in [0.29, 0.717) is 11.5 Å². The number of benzene rings is 2. The molecule has 2 aromatic carbocycles. The van der Waals surface area contributed by atoms with Gasteiger partial charge in [0.2, 0.25) is 0 Å². The molecular weight excluding hydrogens is 639 g/mol. The van der Waals surface area contributed by atoms with Crippen molar-refractivity contribution >= 4 is 73.7 Å². The number of hydrogen-bond donors (Lipinski definition) is 3. The topological polar surface area (TPSA) is 92.8 Å². The van der Waals surface area contributed by atoms with E-state index in [0.717, 1.165) is 12.7 Å². The molecule has 0 saturated carbocycles. The first kappa shape index (κ1) is 19.0. The number of alkyl halides is 1. The van der Waals surface area contributed by atoms with E-state index in [1.807, 2.05) is 34.7 Å². The van der Waals surface area contributed by atoms with E-state index in [1.165, 1.54) is 0 Å². The molecule has 0 fully saturated rings. The van der Waals surface area contributed by atoms with Gasteiger partial charge in [-0.3, -0.25) is 4.79 Å². The van der Waals surface area contributed by atoms with Crippen LogP contribution in [-0.4, -0.2) is 22.2 Å². The van der Waals surface area contributed by atoms with Crippen molar-refractivity contribution in [1.82, 2.24) is 0 Å². The normalized spacial score (nSPS) is 13.4. The van der Waals surface area contributed by atoms with Crippen molar-refractivity contribution in [2.45, 2.75) is 9.97 Å². The third kappa shape index (κ3) is 4.82. The molecule has 0 radical (unpaired) electrons. The maximum atomic E-state index is 11.1. The number of phenolic OH excluding ortho intramolecular Hbond substituents is 1. The first-order valence-corrected chi connectivity index (χ1v) is 9.78. The van der Waals surface area contributed by atoms with Crippen LogP contribution < -0.4 is 10.5 Å². The molecule has 0 aliphatic carbocycles. The molecule has 2 atom stereocenters. The van der Waals surface area contributed by atoms with Crippen LogP contribution >= 0.6 is 67.8 Å². The summed E-state index contributed by atoms with van der Waals surface area (Å²) in [6.07, 6.45) is 0. The van der Waals surface area contributed by atoms with E-state index < -0.39 is 12.0 Å². The van der Waals surface area contributed by atoms with Crippen LogP contribution in [0, 0.1) is 7.14 Å². The standard InChI is InChI=1S/C15H12I3NO4/c16-10-6-12(23-8-3-1-7(20)2-4-8)11(17)5-9(10)13(18)14(19)15(21)22/h1-6,13-14,20H,19H2,(H,21,22)/t13?,14-/m1/s1. The second-order valence-corrected chi connectivity index (χ2v) is 8.33. The minimum absolute atomic E-state index is 0.174. The van der Waals surface area contributed by atoms with Gasteiger partial charge in [0.05, 0.1) is 7.49 Å². The Balaban J connectivity index is 2.29. The van der Waals surface area contributed by atoms with Gasteiger partial charge in [0.25, 0.3) is 0 Å². The van der Waals surface area contributed by atoms with Crippen LogP contribution in [0.2, 0.25) is 0 Å². The van der Waals surface area contributed by atoms with Gasteiger partial charge in [-0.1, -0.05) is 22.6 Å². The van der Waals surface area contributed by atoms with Crippen molar-refractivity contribution in [2.75, 3.05) is 0 Å². The average Bonchev–Trinajstić information content (AvgIpc) is 2.51. The summed E-state index contributed by atoms with van der Waals surface area (Å²) in [6.45, 7) is 0. The number of carbonyl (C=O) groups is 1. The number of aliphatic carboxylic acids is 1. The smallest absolute Gasteiger partial charge is 0.321 e. The molecule has 0 heterocycles. The fourth-order valence-electron chi connectivity index (χ4n) is 1.79. The Morgan fingerprint density at radius 1 is 1.13 bits per heavy atom. The number of ether oxygens (including phenoxy) is 1. The van der Waals surface area contributed by atoms with Crippen molar-refractivity contribution in [3.8, 4) is 17.2 Å². The van der Waals surface area contributed by atoms with Crippen LogP contribution in [0.25, 0.3) is 0 Å². The summed E-state index contributed by atoms with van der Waals surface area (Å²) in [7, 11) is 0. The zero-order chi connectivity index (χ0) is 17.1. The quantitative estimate of drug-likeness (QED) is 0.332. The molecule has 0 bridgehead atoms. The van der Waals surface area contributed by atoms with Crippen LogP contribution in [-0.2, 0) is 4.79 Å². The van der Waals surface area contributed by atoms with Gasteiger partial charge in [-0.25, -0.2) is 0 Å². The number of nitrogens with two attached hydrogens (primary N) is 1. The molecule has 5 nitrogen and oxygen atoms in total. The van der Waals surface area contributed by atoms with Crippen LogP contribution in [0.15, 0.2) is 36.4 Å². The molecule has 8 heteroatoms. The Labute approximate surface area is 174 Å². The lowest BCUT2D eigenvalue weighted by molar-refractivity contribution is -0.138. The fraction of sp³-hybridized carbons (Fsp3) is 0.133. The predicted molar refractivity (Wildman–Crippen MR) is 112 cm³/mol. The molecule has 0 aromatic heterocycles. The molecule has 0 aliphatic heterocycles. The second-order valence-electron chi connectivity index (χ2n) is 4.67. The molecule has 122 valence electrons. The van der Waals surface area contributed by atoms with Gasteiger partial charge < -0.3 is 20.7 Å². The highest BCUT2D eigenvalue weighted by Crippen LogP contribution is 2.37. The van der Waals surface area contributed by atoms with Crippen LogP contribution in [0.1, 0.15) is 9.49 Å². The monoisotopic (exact) mass is 651 g/mol. The number of phenols is 1. The molecule has 0 aliphatic rings. The van der Waals surface area contributed by atoms with Crippen molar-refractivity contribution in [3.63, 3.8) is 0 Å². The van der Waals surface area contributed by atoms with Crippen molar-refractivity contribution in [3.05, 3.63) is 49.1 Å². The molecule has 1 unspecified atom stereocenters. The van der Waals surface area contributed by atoms with Gasteiger partial charge in [-0.2, -0.15) is 0 Å². The predicted octanol–water partition coefficient (Wildman–Crippen LogP) is 4.28. The zero-order valence-electron chi connectivity index (χ0n) is 11.5. The Hall–Kier alpha value is -0.340. The number of carboxylic acid groups (broad SMARTS) is 1. The molecule has 0 spiro atoms. The van der Waals surface area contributed by atoms with Gasteiger partial charge >= 0.3 is 5.97 Å². The van der Waals surface area contributed by atoms with Crippen molar-refractivity contribution in [2.24, 2.45) is 5.73 Å². The lowest BCUT2D eigenvalue weighted by Crippen LogP contribution is -2.34. The number of halogens is 3. The molecule has 0 saturated heterocycles. The van der Waals surface area contributed by atoms with Gasteiger partial charge in [0.1, 0.15) is 23.3 Å². The molecule has 2 rings (SSSR count). The van der Waals surface area contributed by atoms with E-state index in [4.69, 9.17) is 15.6 Å². The summed E-state index contributed by atoms with van der Waals surface area (Å²) < 4.78 is 7.21. The number of aromatic hydroxyl groups is 1. The Bertz CT molecular complexity index is 721. The van der Waals surface area contributed by atoms with Crippen molar-refractivity contribution < 1.29 is 19.7 Å². The highest BCUT2D eigenvalue weighted by molar-refractivity contribution is 14.1. The second kappa shape index (κ2) is 8.16. The third-order valence-electron chi connectivity index (χ3n) is 3.01. The summed E-state index contributed by atoms with van der Waals surface area (Å²) in [4.78, 5) is 11.1. The van der Waals surface area contributed by atoms with E-state index >= 15 is 0 Å². The number of rotatable bonds is 5. The molecule has 0 amide bonds. The van der Waals surface area contributed by atoms with Gasteiger partial charge in [-0.15, -0.1) is 0 Å². The lowest BCUT2D eigenvalue weighted by atomic mass is 10.1. The van der Waals surface area contributed by atoms with Crippen LogP contribution in [0.4, 0.5) is 0 Å². The zero-order valence-corrected chi connectivity index (χ0v) is 18.0. The minimum atomic E-state index is -1.03. The number of hydrogen-bond acceptors (Lipinski definition) is 4. The van der Waals surface area contributed by atoms with E-state index in [2.05, 4.69) is 45.2 Å². The lowest BCUT2D eigenvalue weighted by Gasteiger charge is -2.18. The van der Waals surface area contributed by atoms with E-state index in [1.54, 1.807) is 24.3 Å². The van der Waals surface area contributed by atoms with Crippen molar-refractivity contribution in [1.29, 1.82) is 0 Å². The average molecular weight is 651 g/mol. The molecular formula is C15H12I3NO4. The van der Waals surface area contributed by atoms with E-state index in [9.17, 15) is 9.90 Å². The number of carboxylic acids is 1. The maximum absolute atomic E-state index is 11.1. The first-order valence-electron chi connectivity index (χ1n) is 6.38. The first-order chi connectivity index (χ1) is 10.8. The third-order valence-corrected chi connectivity index (χ3v) is 6.24. The highest BCUT2D eigenvalue weighted by atomic mass is 127. The van der Waals surface area contributed by atoms with Gasteiger partial charge in [-0.05, 0) is 87.1 Å². The summed E-state index contributed by atoms with van der Waals surface area (Å²) >= 11 is 6.33. The van der Waals surface area contributed by atoms with E-state index in [-0.39, 0.29) is 9.67 Å². The Morgan fingerprint density at radius 3 is 2.30 bits per heavy atom. The summed E-state index contributed by atoms with van der Waals surface area (Å²) in [6, 6.07) is 9.22. The SMILES string of the molecule is N[C@@H](C(=O)O)C(I)c1cc(I)c(Oc2ccc(O)cc2)cc1I. The summed E-state index contributed by atoms with van der Waals surface area (Å²) in [5.74, 6) is 0.418. The summed E-state index contributed by atoms with van der Waals surface area (Å²) in [5, 5.41) is 18.4. The van der Waals surface area contributed by atoms with Gasteiger partial charge in [0.15, 0.2) is 0 Å². The summed E-state index contributed by atoms with van der Waals surface area (Å²) in [5.41, 5.74) is 6.58. The minimum Gasteiger partial charge on any atom is -0.508 e. The highest BCUT2D eigenvalue weighted by Gasteiger charge is 2.26. The molecule has 23 heavy (non-hydrogen) atoms. The maximum Gasteiger partial charge on any atom is 0.321 e. The fourth-order valence-corrected chi connectivity index (χ4v) is 4.59. The van der Waals surface area contributed by atoms with Crippen LogP contribution in [0.5, 0.6) is 17.2 Å².